The number of fused-ring (bicyclic) bond motifs is 1. The molecule has 8 nitrogen and oxygen atoms in total. The molecule has 10 heteroatoms. The molecular weight excluding hydrogens is 470 g/mol. The highest BCUT2D eigenvalue weighted by Gasteiger charge is 2.14. The number of H-pyrrole nitrogens is 1. The Hall–Kier alpha value is -3.37. The average Bonchev–Trinajstić information content (AvgIpc) is 3.36. The molecule has 1 unspecified atom stereocenters. The summed E-state index contributed by atoms with van der Waals surface area (Å²) >= 11 is 2.84. The van der Waals surface area contributed by atoms with Crippen LogP contribution >= 0.6 is 22.7 Å². The summed E-state index contributed by atoms with van der Waals surface area (Å²) in [4.78, 5) is 49.7. The molecule has 4 aromatic rings. The number of nitrogens with one attached hydrogen (secondary N) is 3. The van der Waals surface area contributed by atoms with E-state index in [4.69, 9.17) is 0 Å². The first-order valence-corrected chi connectivity index (χ1v) is 12.5. The molecule has 3 aromatic heterocycles. The van der Waals surface area contributed by atoms with Crippen molar-refractivity contribution in [2.24, 2.45) is 0 Å². The lowest BCUT2D eigenvalue weighted by Gasteiger charge is -2.13. The molecule has 1 aromatic carbocycles. The van der Waals surface area contributed by atoms with Gasteiger partial charge in [0.25, 0.3) is 5.56 Å². The van der Waals surface area contributed by atoms with Crippen LogP contribution in [0.1, 0.15) is 48.1 Å². The van der Waals surface area contributed by atoms with Gasteiger partial charge in [-0.05, 0) is 31.9 Å². The molecule has 4 rings (SSSR count). The Balaban J connectivity index is 1.37. The number of hydrogen-bond donors (Lipinski definition) is 3. The van der Waals surface area contributed by atoms with Gasteiger partial charge in [-0.25, -0.2) is 9.97 Å². The van der Waals surface area contributed by atoms with E-state index >= 15 is 0 Å². The third kappa shape index (κ3) is 5.23. The molecule has 0 aliphatic heterocycles. The molecule has 3 N–H and O–H groups in total. The Kier molecular flexibility index (Phi) is 6.90. The van der Waals surface area contributed by atoms with E-state index in [0.717, 1.165) is 27.3 Å². The summed E-state index contributed by atoms with van der Waals surface area (Å²) in [6, 6.07) is 7.72. The van der Waals surface area contributed by atoms with Gasteiger partial charge in [0, 0.05) is 35.6 Å². The van der Waals surface area contributed by atoms with E-state index in [1.807, 2.05) is 50.4 Å². The van der Waals surface area contributed by atoms with Gasteiger partial charge in [-0.3, -0.25) is 14.4 Å². The molecular formula is C24H25N5O3S2. The number of aryl methyl sites for hydroxylation is 3. The molecule has 0 aliphatic carbocycles. The summed E-state index contributed by atoms with van der Waals surface area (Å²) in [5.74, 6) is 0.236. The van der Waals surface area contributed by atoms with Gasteiger partial charge in [0.05, 0.1) is 17.1 Å². The van der Waals surface area contributed by atoms with E-state index in [-0.39, 0.29) is 29.8 Å². The summed E-state index contributed by atoms with van der Waals surface area (Å²) < 4.78 is 0. The second-order valence-corrected chi connectivity index (χ2v) is 10.2. The topological polar surface area (TPSA) is 117 Å². The third-order valence-electron chi connectivity index (χ3n) is 5.55. The van der Waals surface area contributed by atoms with Gasteiger partial charge in [0.1, 0.15) is 10.7 Å². The molecule has 0 saturated carbocycles. The van der Waals surface area contributed by atoms with Crippen LogP contribution in [0.15, 0.2) is 34.4 Å². The number of carbonyl (C=O) groups excluding carboxylic acids is 2. The van der Waals surface area contributed by atoms with E-state index in [1.165, 1.54) is 29.6 Å². The van der Waals surface area contributed by atoms with Crippen molar-refractivity contribution in [3.8, 4) is 11.3 Å². The molecule has 34 heavy (non-hydrogen) atoms. The number of thiophene rings is 1. The molecule has 0 fully saturated rings. The third-order valence-corrected chi connectivity index (χ3v) is 7.41. The highest BCUT2D eigenvalue weighted by Crippen LogP contribution is 2.27. The summed E-state index contributed by atoms with van der Waals surface area (Å²) in [6.45, 7) is 7.31. The fourth-order valence-corrected chi connectivity index (χ4v) is 5.41. The summed E-state index contributed by atoms with van der Waals surface area (Å²) in [5, 5.41) is 8.71. The largest absolute Gasteiger partial charge is 0.350 e. The Morgan fingerprint density at radius 2 is 1.88 bits per heavy atom. The van der Waals surface area contributed by atoms with Crippen LogP contribution in [-0.2, 0) is 16.0 Å². The van der Waals surface area contributed by atoms with E-state index in [9.17, 15) is 14.4 Å². The van der Waals surface area contributed by atoms with Crippen LogP contribution in [0.25, 0.3) is 21.5 Å². The van der Waals surface area contributed by atoms with Crippen molar-refractivity contribution in [1.29, 1.82) is 0 Å². The molecule has 0 spiro atoms. The van der Waals surface area contributed by atoms with Crippen LogP contribution in [0.3, 0.4) is 0 Å². The summed E-state index contributed by atoms with van der Waals surface area (Å²) in [5.41, 5.74) is 3.48. The molecule has 3 heterocycles. The van der Waals surface area contributed by atoms with Gasteiger partial charge in [-0.1, -0.05) is 24.3 Å². The first kappa shape index (κ1) is 23.8. The zero-order valence-electron chi connectivity index (χ0n) is 19.3. The van der Waals surface area contributed by atoms with Gasteiger partial charge in [0.15, 0.2) is 5.13 Å². The number of aromatic nitrogens is 3. The number of benzene rings is 1. The molecule has 176 valence electrons. The van der Waals surface area contributed by atoms with Crippen LogP contribution in [0.5, 0.6) is 0 Å². The lowest BCUT2D eigenvalue weighted by atomic mass is 10.1. The normalized spacial score (nSPS) is 12.0. The number of carbonyl (C=O) groups is 2. The summed E-state index contributed by atoms with van der Waals surface area (Å²) in [7, 11) is 0. The van der Waals surface area contributed by atoms with Crippen molar-refractivity contribution in [2.75, 3.05) is 5.32 Å². The summed E-state index contributed by atoms with van der Waals surface area (Å²) in [6.07, 6.45) is 0.515. The lowest BCUT2D eigenvalue weighted by Crippen LogP contribution is -2.23. The van der Waals surface area contributed by atoms with Crippen molar-refractivity contribution in [3.63, 3.8) is 0 Å². The van der Waals surface area contributed by atoms with E-state index in [0.29, 0.717) is 27.6 Å². The predicted octanol–water partition coefficient (Wildman–Crippen LogP) is 4.49. The van der Waals surface area contributed by atoms with Crippen LogP contribution in [-0.4, -0.2) is 26.8 Å². The second-order valence-electron chi connectivity index (χ2n) is 8.11. The number of hydrogen-bond acceptors (Lipinski definition) is 7. The Morgan fingerprint density at radius 3 is 2.59 bits per heavy atom. The van der Waals surface area contributed by atoms with Crippen molar-refractivity contribution in [1.82, 2.24) is 20.3 Å². The fraction of sp³-hybridized carbons (Fsp3) is 0.292. The lowest BCUT2D eigenvalue weighted by molar-refractivity contribution is -0.119. The minimum atomic E-state index is -0.193. The van der Waals surface area contributed by atoms with E-state index in [1.54, 1.807) is 0 Å². The van der Waals surface area contributed by atoms with Crippen LogP contribution in [0.2, 0.25) is 0 Å². The molecule has 0 aliphatic rings. The van der Waals surface area contributed by atoms with Crippen molar-refractivity contribution >= 4 is 49.8 Å². The molecule has 0 saturated heterocycles. The van der Waals surface area contributed by atoms with Gasteiger partial charge in [0.2, 0.25) is 11.8 Å². The first-order chi connectivity index (χ1) is 16.2. The minimum Gasteiger partial charge on any atom is -0.350 e. The van der Waals surface area contributed by atoms with E-state index < -0.39 is 0 Å². The monoisotopic (exact) mass is 495 g/mol. The van der Waals surface area contributed by atoms with Crippen molar-refractivity contribution in [2.45, 2.75) is 46.6 Å². The maximum absolute atomic E-state index is 12.4. The van der Waals surface area contributed by atoms with Gasteiger partial charge < -0.3 is 15.6 Å². The quantitative estimate of drug-likeness (QED) is 0.349. The maximum atomic E-state index is 12.4. The Morgan fingerprint density at radius 1 is 1.15 bits per heavy atom. The van der Waals surface area contributed by atoms with E-state index in [2.05, 4.69) is 25.6 Å². The zero-order valence-corrected chi connectivity index (χ0v) is 20.9. The van der Waals surface area contributed by atoms with Crippen LogP contribution in [0.4, 0.5) is 5.13 Å². The number of thiazole rings is 1. The predicted molar refractivity (Wildman–Crippen MR) is 136 cm³/mol. The van der Waals surface area contributed by atoms with Gasteiger partial charge in [-0.2, -0.15) is 0 Å². The molecule has 0 bridgehead atoms. The highest BCUT2D eigenvalue weighted by atomic mass is 32.1. The highest BCUT2D eigenvalue weighted by molar-refractivity contribution is 7.18. The molecule has 0 radical (unpaired) electrons. The second kappa shape index (κ2) is 9.86. The molecule has 2 amide bonds. The smallest absolute Gasteiger partial charge is 0.259 e. The van der Waals surface area contributed by atoms with Crippen molar-refractivity contribution in [3.05, 3.63) is 61.8 Å². The standard InChI is InChI=1S/C24H25N5O3S2/c1-12-14(3)34-23-21(12)22(32)27-19(28-23)9-10-20(31)29-24-26-18(11-33-24)17-7-5-16(6-8-17)13(2)25-15(4)30/h5-8,11,13H,9-10H2,1-4H3,(H,25,30)(H,26,29,31)(H,27,28,32). The van der Waals surface area contributed by atoms with Gasteiger partial charge in [-0.15, -0.1) is 22.7 Å². The number of anilines is 1. The number of aromatic amines is 1. The van der Waals surface area contributed by atoms with Gasteiger partial charge >= 0.3 is 0 Å². The average molecular weight is 496 g/mol. The van der Waals surface area contributed by atoms with Crippen molar-refractivity contribution < 1.29 is 9.59 Å². The number of nitrogens with zero attached hydrogens (tertiary/aromatic N) is 2. The molecule has 1 atom stereocenters. The maximum Gasteiger partial charge on any atom is 0.259 e. The zero-order chi connectivity index (χ0) is 24.4. The first-order valence-electron chi connectivity index (χ1n) is 10.8. The number of rotatable bonds is 7. The minimum absolute atomic E-state index is 0.0733. The Labute approximate surface area is 204 Å². The van der Waals surface area contributed by atoms with Crippen LogP contribution < -0.4 is 16.2 Å². The fourth-order valence-electron chi connectivity index (χ4n) is 3.63. The number of amides is 2. The SMILES string of the molecule is CC(=O)NC(C)c1ccc(-c2csc(NC(=O)CCc3nc4sc(C)c(C)c4c(=O)[nH]3)n2)cc1. The Bertz CT molecular complexity index is 1420. The van der Waals surface area contributed by atoms with Crippen LogP contribution in [0, 0.1) is 13.8 Å².